The molecular formula is C43H49ClF6N2O6. The summed E-state index contributed by atoms with van der Waals surface area (Å²) in [4.78, 5) is 48.6. The molecule has 15 heteroatoms. The first kappa shape index (κ1) is 50.6. The van der Waals surface area contributed by atoms with Crippen molar-refractivity contribution in [2.24, 2.45) is 0 Å². The second-order valence-electron chi connectivity index (χ2n) is 12.5. The number of amides is 2. The summed E-state index contributed by atoms with van der Waals surface area (Å²) in [6.45, 7) is 3.45. The number of alkyl halides is 1. The van der Waals surface area contributed by atoms with E-state index < -0.39 is 82.7 Å². The second-order valence-corrected chi connectivity index (χ2v) is 12.8. The van der Waals surface area contributed by atoms with Crippen molar-refractivity contribution in [3.63, 3.8) is 0 Å². The SMILES string of the molecule is C.CCCCC[C@H](NC(=O)c1cccc(F)c1)C(=O)CCl.CCCCC[C@H](NC(=O)c1cccc(F)c1)C(=O)COc1c(F)cccc1F.Oc1c(F)cccc1F. The molecule has 0 aromatic heterocycles. The van der Waals surface area contributed by atoms with Crippen molar-refractivity contribution in [3.05, 3.63) is 131 Å². The highest BCUT2D eigenvalue weighted by atomic mass is 35.5. The summed E-state index contributed by atoms with van der Waals surface area (Å²) in [6.07, 6.45) is 6.19. The maximum absolute atomic E-state index is 13.6. The van der Waals surface area contributed by atoms with Crippen LogP contribution in [-0.2, 0) is 9.59 Å². The highest BCUT2D eigenvalue weighted by Crippen LogP contribution is 2.21. The van der Waals surface area contributed by atoms with Crippen LogP contribution in [0.3, 0.4) is 0 Å². The number of nitrogens with one attached hydrogen (secondary N) is 2. The average Bonchev–Trinajstić information content (AvgIpc) is 3.19. The number of para-hydroxylation sites is 2. The maximum Gasteiger partial charge on any atom is 0.251 e. The van der Waals surface area contributed by atoms with Gasteiger partial charge in [-0.15, -0.1) is 11.6 Å². The van der Waals surface area contributed by atoms with E-state index in [1.165, 1.54) is 48.5 Å². The molecule has 0 aliphatic heterocycles. The van der Waals surface area contributed by atoms with E-state index in [-0.39, 0.29) is 30.2 Å². The van der Waals surface area contributed by atoms with E-state index in [0.717, 1.165) is 68.5 Å². The zero-order chi connectivity index (χ0) is 42.3. The molecule has 0 aliphatic rings. The fraction of sp³-hybridized carbons (Fsp3) is 0.349. The van der Waals surface area contributed by atoms with Gasteiger partial charge in [-0.1, -0.05) is 84.1 Å². The number of halogens is 7. The third-order valence-electron chi connectivity index (χ3n) is 8.10. The van der Waals surface area contributed by atoms with Gasteiger partial charge in [-0.05, 0) is 73.5 Å². The minimum Gasteiger partial charge on any atom is -0.503 e. The molecule has 0 bridgehead atoms. The van der Waals surface area contributed by atoms with Crippen molar-refractivity contribution < 1.29 is 55.4 Å². The lowest BCUT2D eigenvalue weighted by molar-refractivity contribution is -0.123. The van der Waals surface area contributed by atoms with Gasteiger partial charge in [0.1, 0.15) is 18.2 Å². The summed E-state index contributed by atoms with van der Waals surface area (Å²) in [5, 5.41) is 13.6. The lowest BCUT2D eigenvalue weighted by Crippen LogP contribution is -2.43. The summed E-state index contributed by atoms with van der Waals surface area (Å²) in [5.74, 6) is -8.25. The molecule has 4 aromatic carbocycles. The fourth-order valence-corrected chi connectivity index (χ4v) is 5.20. The Balaban J connectivity index is 0.000000486. The van der Waals surface area contributed by atoms with Crippen molar-refractivity contribution in [1.82, 2.24) is 10.6 Å². The Morgan fingerprint density at radius 1 is 0.621 bits per heavy atom. The van der Waals surface area contributed by atoms with E-state index in [9.17, 15) is 45.5 Å². The molecule has 0 aliphatic carbocycles. The number of hydrogen-bond donors (Lipinski definition) is 3. The maximum atomic E-state index is 13.6. The van der Waals surface area contributed by atoms with Gasteiger partial charge in [0.05, 0.1) is 18.0 Å². The number of ketones is 2. The molecule has 0 spiro atoms. The second kappa shape index (κ2) is 27.3. The fourth-order valence-electron chi connectivity index (χ4n) is 5.01. The molecular weight excluding hydrogens is 790 g/mol. The van der Waals surface area contributed by atoms with Crippen molar-refractivity contribution in [1.29, 1.82) is 0 Å². The number of carbonyl (C=O) groups excluding carboxylic acids is 4. The lowest BCUT2D eigenvalue weighted by Gasteiger charge is -2.18. The number of hydrogen-bond acceptors (Lipinski definition) is 6. The van der Waals surface area contributed by atoms with Crippen LogP contribution >= 0.6 is 11.6 Å². The zero-order valence-electron chi connectivity index (χ0n) is 31.4. The van der Waals surface area contributed by atoms with Gasteiger partial charge in [0.25, 0.3) is 11.8 Å². The molecule has 3 N–H and O–H groups in total. The molecule has 8 nitrogen and oxygen atoms in total. The van der Waals surface area contributed by atoms with Crippen molar-refractivity contribution in [2.75, 3.05) is 12.5 Å². The smallest absolute Gasteiger partial charge is 0.251 e. The summed E-state index contributed by atoms with van der Waals surface area (Å²) in [7, 11) is 0. The van der Waals surface area contributed by atoms with E-state index >= 15 is 0 Å². The van der Waals surface area contributed by atoms with Crippen molar-refractivity contribution in [2.45, 2.75) is 84.7 Å². The molecule has 0 fully saturated rings. The molecule has 4 rings (SSSR count). The number of unbranched alkanes of at least 4 members (excludes halogenated alkanes) is 4. The molecule has 0 saturated carbocycles. The minimum absolute atomic E-state index is 0. The van der Waals surface area contributed by atoms with Gasteiger partial charge in [0, 0.05) is 11.1 Å². The number of carbonyl (C=O) groups is 4. The molecule has 0 saturated heterocycles. The van der Waals surface area contributed by atoms with Crippen LogP contribution in [0.4, 0.5) is 26.3 Å². The van der Waals surface area contributed by atoms with Crippen molar-refractivity contribution in [3.8, 4) is 11.5 Å². The number of phenolic OH excluding ortho intramolecular Hbond substituents is 1. The van der Waals surface area contributed by atoms with Gasteiger partial charge >= 0.3 is 0 Å². The van der Waals surface area contributed by atoms with E-state index in [0.29, 0.717) is 19.3 Å². The third kappa shape index (κ3) is 17.8. The molecule has 58 heavy (non-hydrogen) atoms. The van der Waals surface area contributed by atoms with Crippen LogP contribution in [0, 0.1) is 34.9 Å². The van der Waals surface area contributed by atoms with Crippen molar-refractivity contribution >= 4 is 35.0 Å². The van der Waals surface area contributed by atoms with Crippen LogP contribution in [0.25, 0.3) is 0 Å². The van der Waals surface area contributed by atoms with Crippen LogP contribution in [0.2, 0.25) is 0 Å². The van der Waals surface area contributed by atoms with Crippen LogP contribution in [-0.4, -0.2) is 53.1 Å². The zero-order valence-corrected chi connectivity index (χ0v) is 32.2. The van der Waals surface area contributed by atoms with Gasteiger partial charge in [0.15, 0.2) is 46.3 Å². The molecule has 4 aromatic rings. The summed E-state index contributed by atoms with van der Waals surface area (Å²) in [5.41, 5.74) is 0.280. The molecule has 0 unspecified atom stereocenters. The van der Waals surface area contributed by atoms with Crippen LogP contribution < -0.4 is 15.4 Å². The third-order valence-corrected chi connectivity index (χ3v) is 8.36. The number of aromatic hydroxyl groups is 1. The topological polar surface area (TPSA) is 122 Å². The number of ether oxygens (including phenoxy) is 1. The molecule has 316 valence electrons. The normalized spacial score (nSPS) is 11.3. The first-order valence-electron chi connectivity index (χ1n) is 18.2. The Labute approximate surface area is 340 Å². The molecule has 0 radical (unpaired) electrons. The molecule has 2 amide bonds. The van der Waals surface area contributed by atoms with Gasteiger partial charge in [-0.25, -0.2) is 26.3 Å². The standard InChI is InChI=1S/C21H22F3NO3.C15H19ClFNO2.C6H4F2O.CH4/c1-2-3-4-11-18(25-21(27)14-7-5-8-15(22)12-14)19(26)13-28-20-16(23)9-6-10-17(20)24;1-2-3-4-8-13(14(19)10-16)18-15(20)11-6-5-7-12(17)9-11;7-4-2-1-3-5(8)6(4)9;/h5-10,12,18H,2-4,11,13H2,1H3,(H,25,27);5-7,9,13H,2-4,8,10H2,1H3,(H,18,20);1-3,9H;1H4/t18-;13-;;/m00../s1. The predicted octanol–water partition coefficient (Wildman–Crippen LogP) is 10.0. The predicted molar refractivity (Wildman–Crippen MR) is 211 cm³/mol. The van der Waals surface area contributed by atoms with Crippen LogP contribution in [0.1, 0.15) is 93.4 Å². The van der Waals surface area contributed by atoms with E-state index in [2.05, 4.69) is 17.6 Å². The van der Waals surface area contributed by atoms with E-state index in [1.807, 2.05) is 6.92 Å². The van der Waals surface area contributed by atoms with Gasteiger partial charge in [0.2, 0.25) is 0 Å². The summed E-state index contributed by atoms with van der Waals surface area (Å²) >= 11 is 5.55. The van der Waals surface area contributed by atoms with Gasteiger partial charge in [-0.3, -0.25) is 19.2 Å². The largest absolute Gasteiger partial charge is 0.503 e. The summed E-state index contributed by atoms with van der Waals surface area (Å²) < 4.78 is 82.9. The molecule has 2 atom stereocenters. The van der Waals surface area contributed by atoms with Crippen LogP contribution in [0.5, 0.6) is 11.5 Å². The Kier molecular flexibility index (Phi) is 23.8. The quantitative estimate of drug-likeness (QED) is 0.0521. The molecule has 0 heterocycles. The summed E-state index contributed by atoms with van der Waals surface area (Å²) in [6, 6.07) is 15.3. The highest BCUT2D eigenvalue weighted by molar-refractivity contribution is 6.28. The Bertz CT molecular complexity index is 1880. The number of benzene rings is 4. The van der Waals surface area contributed by atoms with Gasteiger partial charge in [-0.2, -0.15) is 0 Å². The number of rotatable bonds is 18. The first-order valence-corrected chi connectivity index (χ1v) is 18.7. The monoisotopic (exact) mass is 838 g/mol. The minimum atomic E-state index is -0.935. The Morgan fingerprint density at radius 3 is 1.40 bits per heavy atom. The van der Waals surface area contributed by atoms with E-state index in [4.69, 9.17) is 21.4 Å². The average molecular weight is 839 g/mol. The van der Waals surface area contributed by atoms with E-state index in [1.54, 1.807) is 0 Å². The number of Topliss-reactive ketones (excluding diaryl/α,β-unsaturated/α-hetero) is 2. The van der Waals surface area contributed by atoms with Gasteiger partial charge < -0.3 is 20.5 Å². The Morgan fingerprint density at radius 2 is 1.02 bits per heavy atom. The van der Waals surface area contributed by atoms with Crippen LogP contribution in [0.15, 0.2) is 84.9 Å². The lowest BCUT2D eigenvalue weighted by atomic mass is 10.0. The highest BCUT2D eigenvalue weighted by Gasteiger charge is 2.23. The Hall–Kier alpha value is -5.37. The first-order chi connectivity index (χ1) is 27.2. The number of phenols is 1.